The molecule has 0 fully saturated rings. The normalized spacial score (nSPS) is 13.9. The second kappa shape index (κ2) is 6.79. The highest BCUT2D eigenvalue weighted by molar-refractivity contribution is 7.99. The topological polar surface area (TPSA) is 57.6 Å². The lowest BCUT2D eigenvalue weighted by molar-refractivity contribution is -0.129. The fourth-order valence-corrected chi connectivity index (χ4v) is 3.09. The summed E-state index contributed by atoms with van der Waals surface area (Å²) >= 11 is 1.66. The zero-order chi connectivity index (χ0) is 14.5. The number of aromatic carboxylic acids is 1. The van der Waals surface area contributed by atoms with E-state index in [0.717, 1.165) is 36.3 Å². The number of thioether (sulfide) groups is 1. The minimum Gasteiger partial charge on any atom is -0.478 e. The summed E-state index contributed by atoms with van der Waals surface area (Å²) in [6, 6.07) is 5.19. The molecule has 5 heteroatoms. The summed E-state index contributed by atoms with van der Waals surface area (Å²) in [5, 5.41) is 9.02. The molecule has 1 amide bonds. The first-order chi connectivity index (χ1) is 9.61. The van der Waals surface area contributed by atoms with Gasteiger partial charge in [-0.25, -0.2) is 4.79 Å². The third-order valence-electron chi connectivity index (χ3n) is 3.39. The number of benzene rings is 1. The van der Waals surface area contributed by atoms with E-state index in [9.17, 15) is 9.59 Å². The number of carboxylic acid groups (broad SMARTS) is 1. The van der Waals surface area contributed by atoms with Gasteiger partial charge in [0.1, 0.15) is 0 Å². The van der Waals surface area contributed by atoms with Gasteiger partial charge < -0.3 is 10.0 Å². The van der Waals surface area contributed by atoms with Crippen LogP contribution < -0.4 is 0 Å². The molecule has 4 nitrogen and oxygen atoms in total. The van der Waals surface area contributed by atoms with E-state index in [2.05, 4.69) is 6.92 Å². The molecule has 0 spiro atoms. The van der Waals surface area contributed by atoms with Gasteiger partial charge in [-0.2, -0.15) is 11.8 Å². The Morgan fingerprint density at radius 2 is 2.15 bits per heavy atom. The largest absolute Gasteiger partial charge is 0.478 e. The van der Waals surface area contributed by atoms with Crippen molar-refractivity contribution in [2.75, 3.05) is 18.1 Å². The molecule has 0 saturated heterocycles. The fraction of sp³-hybridized carbons (Fsp3) is 0.467. The molecule has 20 heavy (non-hydrogen) atoms. The van der Waals surface area contributed by atoms with Crippen LogP contribution >= 0.6 is 11.8 Å². The van der Waals surface area contributed by atoms with Gasteiger partial charge in [0.05, 0.1) is 11.3 Å². The van der Waals surface area contributed by atoms with Crippen LogP contribution in [-0.4, -0.2) is 39.9 Å². The maximum absolute atomic E-state index is 12.1. The number of amides is 1. The second-order valence-corrected chi connectivity index (χ2v) is 6.01. The van der Waals surface area contributed by atoms with Gasteiger partial charge in [-0.15, -0.1) is 0 Å². The van der Waals surface area contributed by atoms with Gasteiger partial charge in [-0.05, 0) is 41.9 Å². The van der Waals surface area contributed by atoms with E-state index in [1.165, 1.54) is 0 Å². The molecule has 0 aromatic heterocycles. The summed E-state index contributed by atoms with van der Waals surface area (Å²) in [6.07, 6.45) is 1.88. The van der Waals surface area contributed by atoms with Crippen LogP contribution in [0.25, 0.3) is 0 Å². The predicted molar refractivity (Wildman–Crippen MR) is 80.1 cm³/mol. The molecule has 1 aliphatic heterocycles. The van der Waals surface area contributed by atoms with Crippen molar-refractivity contribution in [1.82, 2.24) is 4.90 Å². The van der Waals surface area contributed by atoms with Gasteiger partial charge in [0, 0.05) is 13.1 Å². The molecular formula is C15H19NO3S. The van der Waals surface area contributed by atoms with Gasteiger partial charge >= 0.3 is 5.97 Å². The van der Waals surface area contributed by atoms with Crippen molar-refractivity contribution in [1.29, 1.82) is 0 Å². The standard InChI is InChI=1S/C15H19NO3S/c1-2-7-20-10-14(17)16-6-5-11-3-4-12(15(18)19)8-13(11)9-16/h3-4,8H,2,5-7,9-10H2,1H3,(H,18,19). The van der Waals surface area contributed by atoms with E-state index >= 15 is 0 Å². The molecule has 0 atom stereocenters. The van der Waals surface area contributed by atoms with Crippen molar-refractivity contribution in [3.8, 4) is 0 Å². The summed E-state index contributed by atoms with van der Waals surface area (Å²) in [6.45, 7) is 3.36. The van der Waals surface area contributed by atoms with E-state index in [1.807, 2.05) is 11.0 Å². The van der Waals surface area contributed by atoms with Gasteiger partial charge in [0.2, 0.25) is 5.91 Å². The van der Waals surface area contributed by atoms with E-state index in [0.29, 0.717) is 17.9 Å². The Bertz CT molecular complexity index is 516. The quantitative estimate of drug-likeness (QED) is 0.847. The van der Waals surface area contributed by atoms with Crippen molar-refractivity contribution in [2.24, 2.45) is 0 Å². The molecule has 0 unspecified atom stereocenters. The summed E-state index contributed by atoms with van der Waals surface area (Å²) in [7, 11) is 0. The molecule has 0 saturated carbocycles. The minimum atomic E-state index is -0.922. The summed E-state index contributed by atoms with van der Waals surface area (Å²) in [4.78, 5) is 24.9. The zero-order valence-electron chi connectivity index (χ0n) is 11.6. The van der Waals surface area contributed by atoms with E-state index < -0.39 is 5.97 Å². The lowest BCUT2D eigenvalue weighted by atomic mass is 9.97. The average Bonchev–Trinajstić information content (AvgIpc) is 2.46. The van der Waals surface area contributed by atoms with Crippen LogP contribution in [0, 0.1) is 0 Å². The van der Waals surface area contributed by atoms with Crippen molar-refractivity contribution in [2.45, 2.75) is 26.3 Å². The predicted octanol–water partition coefficient (Wildman–Crippen LogP) is 2.41. The SMILES string of the molecule is CCCSCC(=O)N1CCc2ccc(C(=O)O)cc2C1. The Morgan fingerprint density at radius 1 is 1.35 bits per heavy atom. The molecule has 1 N–H and O–H groups in total. The average molecular weight is 293 g/mol. The molecule has 1 aromatic rings. The lowest BCUT2D eigenvalue weighted by Gasteiger charge is -2.29. The first-order valence-electron chi connectivity index (χ1n) is 6.82. The number of rotatable bonds is 5. The maximum Gasteiger partial charge on any atom is 0.335 e. The molecule has 108 valence electrons. The molecule has 0 bridgehead atoms. The second-order valence-electron chi connectivity index (χ2n) is 4.91. The smallest absolute Gasteiger partial charge is 0.335 e. The first kappa shape index (κ1) is 14.9. The highest BCUT2D eigenvalue weighted by Crippen LogP contribution is 2.21. The number of nitrogens with zero attached hydrogens (tertiary/aromatic N) is 1. The summed E-state index contributed by atoms with van der Waals surface area (Å²) in [5.74, 6) is 0.741. The van der Waals surface area contributed by atoms with Gasteiger partial charge in [0.15, 0.2) is 0 Å². The van der Waals surface area contributed by atoms with Crippen LogP contribution in [0.3, 0.4) is 0 Å². The molecule has 0 radical (unpaired) electrons. The van der Waals surface area contributed by atoms with Crippen LogP contribution in [0.15, 0.2) is 18.2 Å². The van der Waals surface area contributed by atoms with Crippen LogP contribution in [0.2, 0.25) is 0 Å². The van der Waals surface area contributed by atoms with Gasteiger partial charge in [-0.1, -0.05) is 13.0 Å². The van der Waals surface area contributed by atoms with Crippen molar-refractivity contribution in [3.05, 3.63) is 34.9 Å². The Morgan fingerprint density at radius 3 is 2.85 bits per heavy atom. The number of hydrogen-bond acceptors (Lipinski definition) is 3. The number of fused-ring (bicyclic) bond motifs is 1. The fourth-order valence-electron chi connectivity index (χ4n) is 2.30. The summed E-state index contributed by atoms with van der Waals surface area (Å²) in [5.41, 5.74) is 2.41. The van der Waals surface area contributed by atoms with Crippen LogP contribution in [-0.2, 0) is 17.8 Å². The summed E-state index contributed by atoms with van der Waals surface area (Å²) < 4.78 is 0. The Kier molecular flexibility index (Phi) is 5.06. The zero-order valence-corrected chi connectivity index (χ0v) is 12.4. The molecule has 0 aliphatic carbocycles. The van der Waals surface area contributed by atoms with Crippen molar-refractivity contribution < 1.29 is 14.7 Å². The van der Waals surface area contributed by atoms with Crippen LogP contribution in [0.4, 0.5) is 0 Å². The van der Waals surface area contributed by atoms with Gasteiger partial charge in [0.25, 0.3) is 0 Å². The molecule has 1 heterocycles. The monoisotopic (exact) mass is 293 g/mol. The van der Waals surface area contributed by atoms with E-state index in [1.54, 1.807) is 23.9 Å². The molecule has 1 aromatic carbocycles. The van der Waals surface area contributed by atoms with E-state index in [-0.39, 0.29) is 5.91 Å². The third-order valence-corrected chi connectivity index (χ3v) is 4.54. The molecule has 2 rings (SSSR count). The van der Waals surface area contributed by atoms with Gasteiger partial charge in [-0.3, -0.25) is 4.79 Å². The highest BCUT2D eigenvalue weighted by atomic mass is 32.2. The molecule has 1 aliphatic rings. The first-order valence-corrected chi connectivity index (χ1v) is 7.98. The maximum atomic E-state index is 12.1. The Labute approximate surface area is 123 Å². The Hall–Kier alpha value is -1.49. The number of carbonyl (C=O) groups is 2. The van der Waals surface area contributed by atoms with Crippen molar-refractivity contribution >= 4 is 23.6 Å². The van der Waals surface area contributed by atoms with E-state index in [4.69, 9.17) is 5.11 Å². The number of carboxylic acids is 1. The number of carbonyl (C=O) groups excluding carboxylic acids is 1. The Balaban J connectivity index is 2.03. The highest BCUT2D eigenvalue weighted by Gasteiger charge is 2.21. The molecular weight excluding hydrogens is 274 g/mol. The third kappa shape index (κ3) is 3.54. The van der Waals surface area contributed by atoms with Crippen LogP contribution in [0.5, 0.6) is 0 Å². The van der Waals surface area contributed by atoms with Crippen molar-refractivity contribution in [3.63, 3.8) is 0 Å². The van der Waals surface area contributed by atoms with Crippen LogP contribution in [0.1, 0.15) is 34.8 Å². The lowest BCUT2D eigenvalue weighted by Crippen LogP contribution is -2.37. The number of hydrogen-bond donors (Lipinski definition) is 1. The minimum absolute atomic E-state index is 0.148.